The first-order valence-corrected chi connectivity index (χ1v) is 9.37. The summed E-state index contributed by atoms with van der Waals surface area (Å²) in [5.74, 6) is 0.527. The summed E-state index contributed by atoms with van der Waals surface area (Å²) in [5, 5.41) is 11.4. The van der Waals surface area contributed by atoms with Gasteiger partial charge in [0, 0.05) is 32.2 Å². The Morgan fingerprint density at radius 1 is 1.07 bits per heavy atom. The van der Waals surface area contributed by atoms with Crippen LogP contribution in [-0.2, 0) is 11.2 Å². The summed E-state index contributed by atoms with van der Waals surface area (Å²) in [6.45, 7) is 3.89. The maximum absolute atomic E-state index is 13.1. The molecule has 0 radical (unpaired) electrons. The monoisotopic (exact) mass is 365 g/mol. The van der Waals surface area contributed by atoms with Gasteiger partial charge in [-0.3, -0.25) is 9.59 Å². The van der Waals surface area contributed by atoms with E-state index in [1.165, 1.54) is 6.92 Å². The highest BCUT2D eigenvalue weighted by Crippen LogP contribution is 2.28. The van der Waals surface area contributed by atoms with Gasteiger partial charge in [0.15, 0.2) is 11.5 Å². The molecule has 0 saturated carbocycles. The Balaban J connectivity index is 1.58. The zero-order valence-electron chi connectivity index (χ0n) is 15.4. The molecule has 4 rings (SSSR count). The van der Waals surface area contributed by atoms with Crippen molar-refractivity contribution in [3.05, 3.63) is 47.7 Å². The van der Waals surface area contributed by atoms with E-state index in [4.69, 9.17) is 0 Å². The lowest BCUT2D eigenvalue weighted by Gasteiger charge is -2.34. The Kier molecular flexibility index (Phi) is 4.75. The molecule has 0 spiro atoms. The van der Waals surface area contributed by atoms with Gasteiger partial charge >= 0.3 is 0 Å². The number of hydrogen-bond acceptors (Lipinski definition) is 5. The molecule has 1 fully saturated rings. The number of anilines is 2. The van der Waals surface area contributed by atoms with E-state index >= 15 is 0 Å². The van der Waals surface area contributed by atoms with E-state index in [1.807, 2.05) is 30.3 Å². The van der Waals surface area contributed by atoms with Crippen LogP contribution in [0.5, 0.6) is 0 Å². The number of para-hydroxylation sites is 1. The standard InChI is InChI=1S/C20H23N5O2/c1-14(26)21-16-12-15-6-2-3-7-18(15)25(13-16)20(27)17-8-9-19(23-22-17)24-10-4-5-11-24/h2-3,6-9,16H,4-5,10-13H2,1H3,(H,21,26). The van der Waals surface area contributed by atoms with Crippen molar-refractivity contribution in [3.63, 3.8) is 0 Å². The minimum Gasteiger partial charge on any atom is -0.355 e. The lowest BCUT2D eigenvalue weighted by atomic mass is 9.97. The van der Waals surface area contributed by atoms with Crippen LogP contribution < -0.4 is 15.1 Å². The van der Waals surface area contributed by atoms with E-state index in [0.29, 0.717) is 18.7 Å². The number of rotatable bonds is 3. The van der Waals surface area contributed by atoms with Gasteiger partial charge in [-0.25, -0.2) is 0 Å². The highest BCUT2D eigenvalue weighted by Gasteiger charge is 2.30. The minimum atomic E-state index is -0.196. The molecule has 7 nitrogen and oxygen atoms in total. The third kappa shape index (κ3) is 3.63. The van der Waals surface area contributed by atoms with Gasteiger partial charge in [-0.1, -0.05) is 18.2 Å². The first-order valence-electron chi connectivity index (χ1n) is 9.37. The number of fused-ring (bicyclic) bond motifs is 1. The number of benzene rings is 1. The van der Waals surface area contributed by atoms with Crippen LogP contribution in [0.25, 0.3) is 0 Å². The predicted octanol–water partition coefficient (Wildman–Crippen LogP) is 1.78. The van der Waals surface area contributed by atoms with Crippen LogP contribution in [0.2, 0.25) is 0 Å². The van der Waals surface area contributed by atoms with Gasteiger partial charge < -0.3 is 15.1 Å². The lowest BCUT2D eigenvalue weighted by Crippen LogP contribution is -2.50. The smallest absolute Gasteiger partial charge is 0.278 e. The second-order valence-electron chi connectivity index (χ2n) is 7.12. The molecule has 3 heterocycles. The summed E-state index contributed by atoms with van der Waals surface area (Å²) >= 11 is 0. The maximum Gasteiger partial charge on any atom is 0.278 e. The zero-order chi connectivity index (χ0) is 18.8. The molecule has 1 unspecified atom stereocenters. The predicted molar refractivity (Wildman–Crippen MR) is 103 cm³/mol. The second kappa shape index (κ2) is 7.34. The van der Waals surface area contributed by atoms with Crippen LogP contribution in [0.15, 0.2) is 36.4 Å². The van der Waals surface area contributed by atoms with Crippen molar-refractivity contribution in [1.29, 1.82) is 0 Å². The molecule has 0 aliphatic carbocycles. The molecule has 2 amide bonds. The molecule has 27 heavy (non-hydrogen) atoms. The Labute approximate surface area is 158 Å². The van der Waals surface area contributed by atoms with Gasteiger partial charge in [0.1, 0.15) is 0 Å². The molecule has 2 aliphatic rings. The first kappa shape index (κ1) is 17.5. The summed E-state index contributed by atoms with van der Waals surface area (Å²) in [6.07, 6.45) is 3.04. The topological polar surface area (TPSA) is 78.4 Å². The van der Waals surface area contributed by atoms with E-state index in [9.17, 15) is 9.59 Å². The van der Waals surface area contributed by atoms with Gasteiger partial charge in [-0.2, -0.15) is 0 Å². The fourth-order valence-electron chi connectivity index (χ4n) is 3.86. The summed E-state index contributed by atoms with van der Waals surface area (Å²) < 4.78 is 0. The summed E-state index contributed by atoms with van der Waals surface area (Å²) in [5.41, 5.74) is 2.23. The van der Waals surface area contributed by atoms with Crippen molar-refractivity contribution in [1.82, 2.24) is 15.5 Å². The van der Waals surface area contributed by atoms with Crippen LogP contribution >= 0.6 is 0 Å². The van der Waals surface area contributed by atoms with Crippen molar-refractivity contribution in [2.24, 2.45) is 0 Å². The molecule has 7 heteroatoms. The Bertz CT molecular complexity index is 846. The Morgan fingerprint density at radius 2 is 1.85 bits per heavy atom. The van der Waals surface area contributed by atoms with E-state index < -0.39 is 0 Å². The molecule has 1 aromatic carbocycles. The zero-order valence-corrected chi connectivity index (χ0v) is 15.4. The quantitative estimate of drug-likeness (QED) is 0.897. The van der Waals surface area contributed by atoms with Crippen LogP contribution in [-0.4, -0.2) is 47.7 Å². The van der Waals surface area contributed by atoms with Gasteiger partial charge in [0.2, 0.25) is 5.91 Å². The maximum atomic E-state index is 13.1. The average molecular weight is 365 g/mol. The lowest BCUT2D eigenvalue weighted by molar-refractivity contribution is -0.119. The average Bonchev–Trinajstić information content (AvgIpc) is 3.21. The largest absolute Gasteiger partial charge is 0.355 e. The van der Waals surface area contributed by atoms with E-state index in [2.05, 4.69) is 20.4 Å². The molecule has 1 saturated heterocycles. The Morgan fingerprint density at radius 3 is 2.56 bits per heavy atom. The van der Waals surface area contributed by atoms with Crippen LogP contribution in [0.3, 0.4) is 0 Å². The van der Waals surface area contributed by atoms with E-state index in [1.54, 1.807) is 11.0 Å². The molecule has 2 aromatic rings. The van der Waals surface area contributed by atoms with E-state index in [-0.39, 0.29) is 17.9 Å². The van der Waals surface area contributed by atoms with Crippen molar-refractivity contribution in [3.8, 4) is 0 Å². The fraction of sp³-hybridized carbons (Fsp3) is 0.400. The molecular formula is C20H23N5O2. The van der Waals surface area contributed by atoms with Gasteiger partial charge in [0.05, 0.1) is 6.04 Å². The van der Waals surface area contributed by atoms with Crippen molar-refractivity contribution >= 4 is 23.3 Å². The SMILES string of the molecule is CC(=O)NC1Cc2ccccc2N(C(=O)c2ccc(N3CCCC3)nn2)C1. The molecular weight excluding hydrogens is 342 g/mol. The number of hydrogen-bond donors (Lipinski definition) is 1. The van der Waals surface area contributed by atoms with Gasteiger partial charge in [-0.05, 0) is 43.0 Å². The highest BCUT2D eigenvalue weighted by molar-refractivity contribution is 6.05. The van der Waals surface area contributed by atoms with Crippen LogP contribution in [0.4, 0.5) is 11.5 Å². The number of nitrogens with one attached hydrogen (secondary N) is 1. The third-order valence-corrected chi connectivity index (χ3v) is 5.10. The normalized spacial score (nSPS) is 18.9. The summed E-state index contributed by atoms with van der Waals surface area (Å²) in [4.78, 5) is 28.5. The Hall–Kier alpha value is -2.96. The number of carbonyl (C=O) groups excluding carboxylic acids is 2. The molecule has 0 bridgehead atoms. The number of aromatic nitrogens is 2. The third-order valence-electron chi connectivity index (χ3n) is 5.10. The molecule has 1 N–H and O–H groups in total. The molecule has 1 atom stereocenters. The van der Waals surface area contributed by atoms with Crippen LogP contribution in [0.1, 0.15) is 35.8 Å². The van der Waals surface area contributed by atoms with Gasteiger partial charge in [-0.15, -0.1) is 10.2 Å². The summed E-state index contributed by atoms with van der Waals surface area (Å²) in [6, 6.07) is 11.3. The van der Waals surface area contributed by atoms with Crippen LogP contribution in [0, 0.1) is 0 Å². The first-order chi connectivity index (χ1) is 13.1. The molecule has 2 aliphatic heterocycles. The number of amides is 2. The minimum absolute atomic E-state index is 0.0958. The van der Waals surface area contributed by atoms with E-state index in [0.717, 1.165) is 43.0 Å². The fourth-order valence-corrected chi connectivity index (χ4v) is 3.86. The van der Waals surface area contributed by atoms with Crippen molar-refractivity contribution in [2.45, 2.75) is 32.2 Å². The number of nitrogens with zero attached hydrogens (tertiary/aromatic N) is 4. The molecule has 140 valence electrons. The van der Waals surface area contributed by atoms with Gasteiger partial charge in [0.25, 0.3) is 5.91 Å². The summed E-state index contributed by atoms with van der Waals surface area (Å²) in [7, 11) is 0. The number of carbonyl (C=O) groups is 2. The second-order valence-corrected chi connectivity index (χ2v) is 7.12. The molecule has 1 aromatic heterocycles. The highest BCUT2D eigenvalue weighted by atomic mass is 16.2. The van der Waals surface area contributed by atoms with Crippen molar-refractivity contribution in [2.75, 3.05) is 29.4 Å². The van der Waals surface area contributed by atoms with Crippen molar-refractivity contribution < 1.29 is 9.59 Å².